The SMILES string of the molecule is COc1cc(OC)c2c(c1Cl)OC1(C(=O)C=C(Nc3ccc4c(c3)NC(=O)CO4)CC1C)C2=O. The molecule has 2 aromatic rings. The van der Waals surface area contributed by atoms with E-state index in [9.17, 15) is 14.4 Å². The summed E-state index contributed by atoms with van der Waals surface area (Å²) in [6.45, 7) is 1.74. The summed E-state index contributed by atoms with van der Waals surface area (Å²) in [5.41, 5.74) is 0.184. The lowest BCUT2D eigenvalue weighted by atomic mass is 9.74. The first-order valence-electron chi connectivity index (χ1n) is 10.6. The molecule has 0 saturated heterocycles. The molecule has 1 amide bonds. The van der Waals surface area contributed by atoms with E-state index in [0.717, 1.165) is 0 Å². The van der Waals surface area contributed by atoms with E-state index in [2.05, 4.69) is 10.6 Å². The highest BCUT2D eigenvalue weighted by atomic mass is 35.5. The van der Waals surface area contributed by atoms with Crippen LogP contribution in [0.25, 0.3) is 0 Å². The maximum Gasteiger partial charge on any atom is 0.262 e. The number of allylic oxidation sites excluding steroid dienone is 1. The molecule has 2 unspecified atom stereocenters. The van der Waals surface area contributed by atoms with Crippen LogP contribution in [0.15, 0.2) is 36.0 Å². The lowest BCUT2D eigenvalue weighted by Gasteiger charge is -2.35. The van der Waals surface area contributed by atoms with Gasteiger partial charge in [-0.05, 0) is 24.6 Å². The molecule has 0 bridgehead atoms. The Hall–Kier alpha value is -3.72. The third-order valence-electron chi connectivity index (χ3n) is 6.23. The molecule has 2 N–H and O–H groups in total. The van der Waals surface area contributed by atoms with Gasteiger partial charge in [-0.1, -0.05) is 18.5 Å². The Kier molecular flexibility index (Phi) is 5.16. The van der Waals surface area contributed by atoms with Gasteiger partial charge in [0.05, 0.1) is 19.9 Å². The lowest BCUT2D eigenvalue weighted by Crippen LogP contribution is -2.55. The van der Waals surface area contributed by atoms with Crippen LogP contribution in [-0.4, -0.2) is 43.9 Å². The van der Waals surface area contributed by atoms with E-state index in [4.69, 9.17) is 30.5 Å². The first-order chi connectivity index (χ1) is 16.3. The van der Waals surface area contributed by atoms with Gasteiger partial charge in [-0.3, -0.25) is 14.4 Å². The first kappa shape index (κ1) is 22.1. The number of carbonyl (C=O) groups is 3. The highest BCUT2D eigenvalue weighted by Gasteiger charge is 2.60. The van der Waals surface area contributed by atoms with Gasteiger partial charge in [0.25, 0.3) is 5.91 Å². The number of ketones is 2. The smallest absolute Gasteiger partial charge is 0.262 e. The van der Waals surface area contributed by atoms with E-state index in [1.807, 2.05) is 0 Å². The monoisotopic (exact) mass is 484 g/mol. The summed E-state index contributed by atoms with van der Waals surface area (Å²) in [5, 5.41) is 6.05. The predicted octanol–water partition coefficient (Wildman–Crippen LogP) is 3.61. The highest BCUT2D eigenvalue weighted by Crippen LogP contribution is 2.53. The quantitative estimate of drug-likeness (QED) is 0.633. The van der Waals surface area contributed by atoms with Gasteiger partial charge in [0, 0.05) is 29.4 Å². The Balaban J connectivity index is 1.46. The van der Waals surface area contributed by atoms with Gasteiger partial charge in [0.2, 0.25) is 17.2 Å². The molecule has 1 spiro atoms. The fraction of sp³-hybridized carbons (Fsp3) is 0.292. The minimum absolute atomic E-state index is 0.0316. The van der Waals surface area contributed by atoms with Crippen LogP contribution in [0.5, 0.6) is 23.0 Å². The zero-order valence-electron chi connectivity index (χ0n) is 18.6. The maximum absolute atomic E-state index is 13.6. The Morgan fingerprint density at radius 1 is 1.15 bits per heavy atom. The minimum atomic E-state index is -1.74. The van der Waals surface area contributed by atoms with Gasteiger partial charge in [-0.15, -0.1) is 0 Å². The van der Waals surface area contributed by atoms with E-state index in [0.29, 0.717) is 29.2 Å². The number of ether oxygens (including phenoxy) is 4. The van der Waals surface area contributed by atoms with Gasteiger partial charge in [-0.25, -0.2) is 0 Å². The number of hydrogen-bond donors (Lipinski definition) is 2. The Bertz CT molecular complexity index is 1290. The summed E-state index contributed by atoms with van der Waals surface area (Å²) >= 11 is 6.41. The number of carbonyl (C=O) groups excluding carboxylic acids is 3. The second-order valence-electron chi connectivity index (χ2n) is 8.28. The van der Waals surface area contributed by atoms with Crippen molar-refractivity contribution >= 4 is 40.4 Å². The minimum Gasteiger partial charge on any atom is -0.496 e. The van der Waals surface area contributed by atoms with Gasteiger partial charge >= 0.3 is 0 Å². The summed E-state index contributed by atoms with van der Waals surface area (Å²) in [4.78, 5) is 38.6. The van der Waals surface area contributed by atoms with E-state index in [1.165, 1.54) is 26.4 Å². The van der Waals surface area contributed by atoms with Crippen molar-refractivity contribution in [1.29, 1.82) is 0 Å². The average molecular weight is 485 g/mol. The zero-order chi connectivity index (χ0) is 24.2. The van der Waals surface area contributed by atoms with Crippen LogP contribution in [0.3, 0.4) is 0 Å². The van der Waals surface area contributed by atoms with Gasteiger partial charge in [-0.2, -0.15) is 0 Å². The molecule has 2 heterocycles. The molecule has 10 heteroatoms. The fourth-order valence-electron chi connectivity index (χ4n) is 4.56. The fourth-order valence-corrected chi connectivity index (χ4v) is 4.83. The molecule has 0 radical (unpaired) electrons. The number of Topliss-reactive ketones (excluding diaryl/α,β-unsaturated/α-hetero) is 1. The van der Waals surface area contributed by atoms with Crippen LogP contribution in [-0.2, 0) is 9.59 Å². The van der Waals surface area contributed by atoms with E-state index in [1.54, 1.807) is 25.1 Å². The van der Waals surface area contributed by atoms with Crippen LogP contribution in [0.1, 0.15) is 23.7 Å². The molecule has 3 aliphatic rings. The van der Waals surface area contributed by atoms with Crippen molar-refractivity contribution < 1.29 is 33.3 Å². The molecule has 2 atom stereocenters. The van der Waals surface area contributed by atoms with Crippen molar-refractivity contribution in [1.82, 2.24) is 0 Å². The van der Waals surface area contributed by atoms with Crippen molar-refractivity contribution in [2.24, 2.45) is 5.92 Å². The second kappa shape index (κ2) is 7.95. The standard InChI is InChI=1S/C24H21ClN2O7/c1-11-6-13(26-12-4-5-15-14(7-12)27-19(29)10-33-15)8-18(28)24(11)23(30)20-16(31-2)9-17(32-3)21(25)22(20)34-24/h4-5,7-9,11,26H,6,10H2,1-3H3,(H,27,29). The molecule has 9 nitrogen and oxygen atoms in total. The Morgan fingerprint density at radius 2 is 1.91 bits per heavy atom. The van der Waals surface area contributed by atoms with Crippen molar-refractivity contribution in [2.45, 2.75) is 18.9 Å². The Labute approximate surface area is 200 Å². The van der Waals surface area contributed by atoms with Gasteiger partial charge in [0.15, 0.2) is 12.4 Å². The molecule has 34 heavy (non-hydrogen) atoms. The van der Waals surface area contributed by atoms with Crippen molar-refractivity contribution in [3.8, 4) is 23.0 Å². The van der Waals surface area contributed by atoms with Crippen molar-refractivity contribution in [3.05, 3.63) is 46.6 Å². The molecule has 1 aliphatic carbocycles. The van der Waals surface area contributed by atoms with Crippen LogP contribution in [0.4, 0.5) is 11.4 Å². The third-order valence-corrected chi connectivity index (χ3v) is 6.59. The average Bonchev–Trinajstić information content (AvgIpc) is 3.13. The molecule has 0 aromatic heterocycles. The number of hydrogen-bond acceptors (Lipinski definition) is 8. The van der Waals surface area contributed by atoms with E-state index >= 15 is 0 Å². The molecule has 0 fully saturated rings. The number of halogens is 1. The summed E-state index contributed by atoms with van der Waals surface area (Å²) in [7, 11) is 2.86. The summed E-state index contributed by atoms with van der Waals surface area (Å²) in [6, 6.07) is 6.73. The number of methoxy groups -OCH3 is 2. The van der Waals surface area contributed by atoms with Crippen LogP contribution >= 0.6 is 11.6 Å². The van der Waals surface area contributed by atoms with Crippen molar-refractivity contribution in [3.63, 3.8) is 0 Å². The number of fused-ring (bicyclic) bond motifs is 2. The molecule has 176 valence electrons. The van der Waals surface area contributed by atoms with Crippen LogP contribution in [0.2, 0.25) is 5.02 Å². The summed E-state index contributed by atoms with van der Waals surface area (Å²) in [5.74, 6) is -0.599. The maximum atomic E-state index is 13.6. The zero-order valence-corrected chi connectivity index (χ0v) is 19.4. The number of anilines is 2. The topological polar surface area (TPSA) is 112 Å². The number of rotatable bonds is 4. The second-order valence-corrected chi connectivity index (χ2v) is 8.66. The number of nitrogens with one attached hydrogen (secondary N) is 2. The van der Waals surface area contributed by atoms with Gasteiger partial charge < -0.3 is 29.6 Å². The number of benzene rings is 2. The van der Waals surface area contributed by atoms with Crippen LogP contribution < -0.4 is 29.6 Å². The molecule has 2 aliphatic heterocycles. The number of amides is 1. The van der Waals surface area contributed by atoms with E-state index in [-0.39, 0.29) is 40.3 Å². The lowest BCUT2D eigenvalue weighted by molar-refractivity contribution is -0.129. The normalized spacial score (nSPS) is 22.8. The third kappa shape index (κ3) is 3.19. The van der Waals surface area contributed by atoms with E-state index < -0.39 is 23.1 Å². The predicted molar refractivity (Wildman–Crippen MR) is 123 cm³/mol. The van der Waals surface area contributed by atoms with Crippen molar-refractivity contribution in [2.75, 3.05) is 31.5 Å². The summed E-state index contributed by atoms with van der Waals surface area (Å²) < 4.78 is 22.0. The molecule has 0 saturated carbocycles. The highest BCUT2D eigenvalue weighted by molar-refractivity contribution is 6.36. The molecule has 5 rings (SSSR count). The molecule has 2 aromatic carbocycles. The molecular formula is C24H21ClN2O7. The molecular weight excluding hydrogens is 464 g/mol. The largest absolute Gasteiger partial charge is 0.496 e. The van der Waals surface area contributed by atoms with Gasteiger partial charge in [0.1, 0.15) is 27.8 Å². The van der Waals surface area contributed by atoms with Crippen LogP contribution in [0, 0.1) is 5.92 Å². The Morgan fingerprint density at radius 3 is 2.62 bits per heavy atom. The summed E-state index contributed by atoms with van der Waals surface area (Å²) in [6.07, 6.45) is 1.72. The first-order valence-corrected chi connectivity index (χ1v) is 10.9.